The van der Waals surface area contributed by atoms with Crippen LogP contribution in [0.15, 0.2) is 0 Å². The lowest BCUT2D eigenvalue weighted by Gasteiger charge is -2.38. The average Bonchev–Trinajstić information content (AvgIpc) is 2.41. The van der Waals surface area contributed by atoms with Crippen LogP contribution in [0.1, 0.15) is 19.8 Å². The number of amides is 1. The number of hydrogen-bond donors (Lipinski definition) is 0. The van der Waals surface area contributed by atoms with Gasteiger partial charge in [0, 0.05) is 13.6 Å². The number of halogens is 11. The summed E-state index contributed by atoms with van der Waals surface area (Å²) in [6, 6.07) is 0. The van der Waals surface area contributed by atoms with Crippen molar-refractivity contribution in [2.75, 3.05) is 13.6 Å². The molecule has 0 radical (unpaired) electrons. The SMILES string of the molecule is CCCCN(C)C(=O)C(F)(F)C(F)(F)C(F)(F)C(F)(F)C(F)(F)Cl. The number of unbranched alkanes of at least 4 members (excludes halogenated alkanes) is 1. The van der Waals surface area contributed by atoms with Crippen molar-refractivity contribution in [3.63, 3.8) is 0 Å². The highest BCUT2D eigenvalue weighted by Gasteiger charge is 2.87. The number of nitrogens with zero attached hydrogens (tertiary/aromatic N) is 1. The van der Waals surface area contributed by atoms with Gasteiger partial charge in [-0.1, -0.05) is 13.3 Å². The summed E-state index contributed by atoms with van der Waals surface area (Å²) in [7, 11) is 0.536. The first kappa shape index (κ1) is 23.1. The van der Waals surface area contributed by atoms with Gasteiger partial charge in [-0.3, -0.25) is 4.79 Å². The van der Waals surface area contributed by atoms with Crippen LogP contribution in [-0.4, -0.2) is 53.5 Å². The highest BCUT2D eigenvalue weighted by Crippen LogP contribution is 2.58. The number of hydrogen-bond acceptors (Lipinski definition) is 1. The number of alkyl halides is 11. The first-order valence-corrected chi connectivity index (χ1v) is 6.61. The largest absolute Gasteiger partial charge is 0.393 e. The van der Waals surface area contributed by atoms with Crippen LogP contribution >= 0.6 is 11.6 Å². The molecule has 0 unspecified atom stereocenters. The second-order valence-electron chi connectivity index (χ2n) is 4.88. The molecule has 0 atom stereocenters. The van der Waals surface area contributed by atoms with Crippen molar-refractivity contribution in [2.45, 2.75) is 48.8 Å². The van der Waals surface area contributed by atoms with E-state index in [1.807, 2.05) is 0 Å². The first-order valence-electron chi connectivity index (χ1n) is 6.23. The van der Waals surface area contributed by atoms with Crippen LogP contribution < -0.4 is 0 Å². The monoisotopic (exact) mass is 399 g/mol. The molecule has 0 aromatic rings. The fourth-order valence-corrected chi connectivity index (χ4v) is 1.56. The Hall–Kier alpha value is -0.940. The van der Waals surface area contributed by atoms with Crippen molar-refractivity contribution >= 4 is 17.5 Å². The van der Waals surface area contributed by atoms with Gasteiger partial charge in [-0.15, -0.1) is 0 Å². The second kappa shape index (κ2) is 6.75. The third kappa shape index (κ3) is 3.52. The van der Waals surface area contributed by atoms with Gasteiger partial charge in [-0.25, -0.2) is 0 Å². The zero-order valence-corrected chi connectivity index (χ0v) is 12.9. The molecule has 0 saturated heterocycles. The number of carbonyl (C=O) groups excluding carboxylic acids is 1. The van der Waals surface area contributed by atoms with E-state index in [-0.39, 0.29) is 11.3 Å². The predicted molar refractivity (Wildman–Crippen MR) is 63.1 cm³/mol. The summed E-state index contributed by atoms with van der Waals surface area (Å²) in [6.45, 7) is 0.941. The molecule has 1 amide bonds. The Balaban J connectivity index is 5.89. The van der Waals surface area contributed by atoms with Gasteiger partial charge in [0.05, 0.1) is 0 Å². The van der Waals surface area contributed by atoms with Crippen LogP contribution in [-0.2, 0) is 4.79 Å². The molecule has 0 bridgehead atoms. The molecule has 13 heteroatoms. The maximum Gasteiger partial charge on any atom is 0.393 e. The molecule has 2 nitrogen and oxygen atoms in total. The minimum atomic E-state index is -7.32. The maximum atomic E-state index is 13.4. The molecule has 144 valence electrons. The Bertz CT molecular complexity index is 462. The molecule has 0 heterocycles. The summed E-state index contributed by atoms with van der Waals surface area (Å²) >= 11 is 3.64. The Morgan fingerprint density at radius 3 is 1.62 bits per heavy atom. The van der Waals surface area contributed by atoms with E-state index in [4.69, 9.17) is 0 Å². The molecule has 0 aliphatic carbocycles. The molecule has 24 heavy (non-hydrogen) atoms. The zero-order chi connectivity index (χ0) is 19.8. The van der Waals surface area contributed by atoms with E-state index in [0.717, 1.165) is 0 Å². The molecule has 0 N–H and O–H groups in total. The number of rotatable bonds is 8. The maximum absolute atomic E-state index is 13.4. The van der Waals surface area contributed by atoms with Gasteiger partial charge < -0.3 is 4.90 Å². The Morgan fingerprint density at radius 1 is 0.875 bits per heavy atom. The fraction of sp³-hybridized carbons (Fsp3) is 0.909. The fourth-order valence-electron chi connectivity index (χ4n) is 1.44. The smallest absolute Gasteiger partial charge is 0.340 e. The highest BCUT2D eigenvalue weighted by atomic mass is 35.5. The summed E-state index contributed by atoms with van der Waals surface area (Å²) in [5.41, 5.74) is 0. The van der Waals surface area contributed by atoms with Crippen LogP contribution in [0.2, 0.25) is 0 Å². The van der Waals surface area contributed by atoms with Crippen molar-refractivity contribution < 1.29 is 48.7 Å². The van der Waals surface area contributed by atoms with Crippen molar-refractivity contribution in [2.24, 2.45) is 0 Å². The normalized spacial score (nSPS) is 14.7. The second-order valence-corrected chi connectivity index (χ2v) is 5.35. The van der Waals surface area contributed by atoms with E-state index < -0.39 is 41.5 Å². The van der Waals surface area contributed by atoms with Gasteiger partial charge in [-0.2, -0.15) is 43.9 Å². The van der Waals surface area contributed by atoms with Crippen LogP contribution in [0.5, 0.6) is 0 Å². The molecule has 0 aliphatic heterocycles. The standard InChI is InChI=1S/C11H12ClF10NO/c1-3-4-5-23(2)6(24)7(13,14)8(15,16)9(17,18)10(19,20)11(12,21)22/h3-5H2,1-2H3. The van der Waals surface area contributed by atoms with Gasteiger partial charge >= 0.3 is 29.1 Å². The Kier molecular flexibility index (Phi) is 6.49. The Morgan fingerprint density at radius 2 is 1.29 bits per heavy atom. The summed E-state index contributed by atoms with van der Waals surface area (Å²) in [5, 5.41) is -6.27. The van der Waals surface area contributed by atoms with E-state index in [2.05, 4.69) is 11.6 Å². The van der Waals surface area contributed by atoms with Gasteiger partial charge in [0.1, 0.15) is 0 Å². The third-order valence-corrected chi connectivity index (χ3v) is 3.24. The van der Waals surface area contributed by atoms with Gasteiger partial charge in [-0.05, 0) is 18.0 Å². The van der Waals surface area contributed by atoms with Crippen molar-refractivity contribution in [3.05, 3.63) is 0 Å². The quantitative estimate of drug-likeness (QED) is 0.431. The van der Waals surface area contributed by atoms with Gasteiger partial charge in [0.2, 0.25) is 0 Å². The predicted octanol–water partition coefficient (Wildman–Crippen LogP) is 4.62. The summed E-state index contributed by atoms with van der Waals surface area (Å²) < 4.78 is 130. The summed E-state index contributed by atoms with van der Waals surface area (Å²) in [5.74, 6) is -30.8. The highest BCUT2D eigenvalue weighted by molar-refractivity contribution is 6.22. The number of carbonyl (C=O) groups is 1. The average molecular weight is 400 g/mol. The molecular weight excluding hydrogens is 388 g/mol. The van der Waals surface area contributed by atoms with Gasteiger partial charge in [0.25, 0.3) is 5.91 Å². The van der Waals surface area contributed by atoms with Crippen LogP contribution in [0.4, 0.5) is 43.9 Å². The molecule has 0 rings (SSSR count). The molecule has 0 aromatic heterocycles. The minimum Gasteiger partial charge on any atom is -0.340 e. The minimum absolute atomic E-state index is 0.0101. The lowest BCUT2D eigenvalue weighted by Crippen LogP contribution is -2.69. The molecular formula is C11H12ClF10NO. The van der Waals surface area contributed by atoms with Crippen molar-refractivity contribution in [3.8, 4) is 0 Å². The van der Waals surface area contributed by atoms with E-state index in [1.54, 1.807) is 0 Å². The van der Waals surface area contributed by atoms with Crippen molar-refractivity contribution in [1.82, 2.24) is 4.90 Å². The van der Waals surface area contributed by atoms with E-state index >= 15 is 0 Å². The lowest BCUT2D eigenvalue weighted by molar-refractivity contribution is -0.383. The lowest BCUT2D eigenvalue weighted by atomic mass is 9.97. The van der Waals surface area contributed by atoms with E-state index in [9.17, 15) is 48.7 Å². The molecule has 0 fully saturated rings. The topological polar surface area (TPSA) is 20.3 Å². The molecule has 0 saturated carbocycles. The van der Waals surface area contributed by atoms with E-state index in [0.29, 0.717) is 13.5 Å². The summed E-state index contributed by atoms with van der Waals surface area (Å²) in [4.78, 5) is 11.1. The van der Waals surface area contributed by atoms with E-state index in [1.165, 1.54) is 6.92 Å². The third-order valence-electron chi connectivity index (χ3n) is 3.00. The summed E-state index contributed by atoms with van der Waals surface area (Å²) in [6.07, 6.45) is 0.308. The van der Waals surface area contributed by atoms with Crippen LogP contribution in [0.25, 0.3) is 0 Å². The Labute approximate surface area is 134 Å². The van der Waals surface area contributed by atoms with Crippen molar-refractivity contribution in [1.29, 1.82) is 0 Å². The molecule has 0 spiro atoms. The zero-order valence-electron chi connectivity index (χ0n) is 12.1. The van der Waals surface area contributed by atoms with Crippen LogP contribution in [0.3, 0.4) is 0 Å². The van der Waals surface area contributed by atoms with Gasteiger partial charge in [0.15, 0.2) is 0 Å². The first-order chi connectivity index (χ1) is 10.4. The molecule has 0 aromatic carbocycles. The molecule has 0 aliphatic rings. The van der Waals surface area contributed by atoms with Crippen LogP contribution in [0, 0.1) is 0 Å².